The lowest BCUT2D eigenvalue weighted by atomic mass is 9.90. The summed E-state index contributed by atoms with van der Waals surface area (Å²) in [6.45, 7) is 4.92. The van der Waals surface area contributed by atoms with Gasteiger partial charge in [0.05, 0.1) is 0 Å². The molecule has 4 heteroatoms. The van der Waals surface area contributed by atoms with Crippen LogP contribution in [0.2, 0.25) is 5.02 Å². The monoisotopic (exact) mass is 273 g/mol. The standard InChI is InChI=1S/C14H18ClF2N/c1-3-18-14(8(2)9-4-5-9)10-6-12(16)13(17)7-11(10)15/h6-9,14,18H,3-5H2,1-2H3. The van der Waals surface area contributed by atoms with Gasteiger partial charge in [-0.3, -0.25) is 0 Å². The lowest BCUT2D eigenvalue weighted by Crippen LogP contribution is -2.28. The highest BCUT2D eigenvalue weighted by Gasteiger charge is 2.34. The van der Waals surface area contributed by atoms with E-state index in [9.17, 15) is 8.78 Å². The van der Waals surface area contributed by atoms with Crippen LogP contribution in [0.4, 0.5) is 8.78 Å². The maximum absolute atomic E-state index is 13.4. The van der Waals surface area contributed by atoms with Gasteiger partial charge >= 0.3 is 0 Å². The van der Waals surface area contributed by atoms with Gasteiger partial charge in [-0.1, -0.05) is 25.4 Å². The molecule has 1 aliphatic rings. The Kier molecular flexibility index (Phi) is 4.23. The predicted octanol–water partition coefficient (Wildman–Crippen LogP) is 4.31. The molecule has 0 saturated heterocycles. The molecule has 1 fully saturated rings. The highest BCUT2D eigenvalue weighted by atomic mass is 35.5. The second kappa shape index (κ2) is 5.54. The molecule has 0 aliphatic heterocycles. The van der Waals surface area contributed by atoms with Gasteiger partial charge in [-0.2, -0.15) is 0 Å². The fourth-order valence-electron chi connectivity index (χ4n) is 2.47. The number of hydrogen-bond donors (Lipinski definition) is 1. The second-order valence-electron chi connectivity index (χ2n) is 5.02. The fraction of sp³-hybridized carbons (Fsp3) is 0.571. The maximum Gasteiger partial charge on any atom is 0.160 e. The zero-order valence-electron chi connectivity index (χ0n) is 10.6. The largest absolute Gasteiger partial charge is 0.310 e. The first-order valence-corrected chi connectivity index (χ1v) is 6.80. The topological polar surface area (TPSA) is 12.0 Å². The van der Waals surface area contributed by atoms with Crippen molar-refractivity contribution in [3.05, 3.63) is 34.4 Å². The molecule has 0 spiro atoms. The highest BCUT2D eigenvalue weighted by molar-refractivity contribution is 6.31. The van der Waals surface area contributed by atoms with Crippen LogP contribution in [-0.4, -0.2) is 6.54 Å². The van der Waals surface area contributed by atoms with Gasteiger partial charge in [-0.15, -0.1) is 0 Å². The van der Waals surface area contributed by atoms with E-state index in [0.29, 0.717) is 22.4 Å². The molecule has 0 aromatic heterocycles. The molecule has 2 unspecified atom stereocenters. The van der Waals surface area contributed by atoms with Crippen molar-refractivity contribution in [3.63, 3.8) is 0 Å². The smallest absolute Gasteiger partial charge is 0.160 e. The van der Waals surface area contributed by atoms with Crippen molar-refractivity contribution in [2.24, 2.45) is 11.8 Å². The Morgan fingerprint density at radius 2 is 1.94 bits per heavy atom. The summed E-state index contributed by atoms with van der Waals surface area (Å²) >= 11 is 6.05. The molecular formula is C14H18ClF2N. The number of nitrogens with one attached hydrogen (secondary N) is 1. The SMILES string of the molecule is CCNC(c1cc(F)c(F)cc1Cl)C(C)C1CC1. The summed E-state index contributed by atoms with van der Waals surface area (Å²) in [7, 11) is 0. The van der Waals surface area contributed by atoms with E-state index in [1.807, 2.05) is 6.92 Å². The van der Waals surface area contributed by atoms with E-state index in [4.69, 9.17) is 11.6 Å². The van der Waals surface area contributed by atoms with Crippen molar-refractivity contribution in [1.82, 2.24) is 5.32 Å². The lowest BCUT2D eigenvalue weighted by molar-refractivity contribution is 0.353. The zero-order valence-corrected chi connectivity index (χ0v) is 11.4. The van der Waals surface area contributed by atoms with Crippen LogP contribution >= 0.6 is 11.6 Å². The molecule has 100 valence electrons. The predicted molar refractivity (Wildman–Crippen MR) is 69.7 cm³/mol. The van der Waals surface area contributed by atoms with Gasteiger partial charge in [-0.25, -0.2) is 8.78 Å². The third kappa shape index (κ3) is 2.83. The van der Waals surface area contributed by atoms with Crippen LogP contribution in [0.15, 0.2) is 12.1 Å². The van der Waals surface area contributed by atoms with Crippen LogP contribution in [0.5, 0.6) is 0 Å². The molecule has 1 aromatic carbocycles. The van der Waals surface area contributed by atoms with Gasteiger partial charge in [0.15, 0.2) is 11.6 Å². The molecule has 1 nitrogen and oxygen atoms in total. The molecule has 1 N–H and O–H groups in total. The Hall–Kier alpha value is -0.670. The molecular weight excluding hydrogens is 256 g/mol. The minimum atomic E-state index is -0.891. The third-order valence-corrected chi connectivity index (χ3v) is 4.02. The van der Waals surface area contributed by atoms with Crippen LogP contribution in [0.3, 0.4) is 0 Å². The molecule has 1 aromatic rings. The van der Waals surface area contributed by atoms with Crippen molar-refractivity contribution in [3.8, 4) is 0 Å². The normalized spacial score (nSPS) is 18.7. The average molecular weight is 274 g/mol. The van der Waals surface area contributed by atoms with Crippen molar-refractivity contribution >= 4 is 11.6 Å². The highest BCUT2D eigenvalue weighted by Crippen LogP contribution is 2.44. The summed E-state index contributed by atoms with van der Waals surface area (Å²) in [6.07, 6.45) is 2.43. The Bertz CT molecular complexity index is 432. The van der Waals surface area contributed by atoms with Gasteiger partial charge in [-0.05, 0) is 48.9 Å². The summed E-state index contributed by atoms with van der Waals surface area (Å²) in [5.74, 6) is -0.677. The number of rotatable bonds is 5. The van der Waals surface area contributed by atoms with Crippen LogP contribution in [0.1, 0.15) is 38.3 Å². The van der Waals surface area contributed by atoms with Crippen LogP contribution in [-0.2, 0) is 0 Å². The van der Waals surface area contributed by atoms with Crippen molar-refractivity contribution in [2.45, 2.75) is 32.7 Å². The summed E-state index contributed by atoms with van der Waals surface area (Å²) in [5.41, 5.74) is 0.664. The quantitative estimate of drug-likeness (QED) is 0.788. The minimum Gasteiger partial charge on any atom is -0.310 e. The van der Waals surface area contributed by atoms with E-state index >= 15 is 0 Å². The minimum absolute atomic E-state index is 0.00917. The van der Waals surface area contributed by atoms with Gasteiger partial charge in [0.25, 0.3) is 0 Å². The number of hydrogen-bond acceptors (Lipinski definition) is 1. The lowest BCUT2D eigenvalue weighted by Gasteiger charge is -2.26. The summed E-state index contributed by atoms with van der Waals surface area (Å²) in [6, 6.07) is 2.28. The van der Waals surface area contributed by atoms with E-state index in [1.165, 1.54) is 18.9 Å². The second-order valence-corrected chi connectivity index (χ2v) is 5.43. The van der Waals surface area contributed by atoms with Crippen molar-refractivity contribution in [1.29, 1.82) is 0 Å². The number of halogens is 3. The fourth-order valence-corrected chi connectivity index (χ4v) is 2.74. The summed E-state index contributed by atoms with van der Waals surface area (Å²) in [5, 5.41) is 3.63. The van der Waals surface area contributed by atoms with Crippen molar-refractivity contribution < 1.29 is 8.78 Å². The summed E-state index contributed by atoms with van der Waals surface area (Å²) < 4.78 is 26.5. The van der Waals surface area contributed by atoms with Crippen LogP contribution < -0.4 is 5.32 Å². The maximum atomic E-state index is 13.4. The third-order valence-electron chi connectivity index (χ3n) is 3.69. The molecule has 2 atom stereocenters. The van der Waals surface area contributed by atoms with Gasteiger partial charge in [0.1, 0.15) is 0 Å². The van der Waals surface area contributed by atoms with Crippen molar-refractivity contribution in [2.75, 3.05) is 6.54 Å². The number of benzene rings is 1. The Morgan fingerprint density at radius 3 is 2.50 bits per heavy atom. The van der Waals surface area contributed by atoms with E-state index in [2.05, 4.69) is 12.2 Å². The Morgan fingerprint density at radius 1 is 1.33 bits per heavy atom. The van der Waals surface area contributed by atoms with Gasteiger partial charge in [0, 0.05) is 11.1 Å². The van der Waals surface area contributed by atoms with E-state index in [-0.39, 0.29) is 6.04 Å². The molecule has 0 heterocycles. The van der Waals surface area contributed by atoms with Crippen LogP contribution in [0.25, 0.3) is 0 Å². The first-order chi connectivity index (χ1) is 8.54. The van der Waals surface area contributed by atoms with E-state index in [1.54, 1.807) is 0 Å². The summed E-state index contributed by atoms with van der Waals surface area (Å²) in [4.78, 5) is 0. The molecule has 1 saturated carbocycles. The van der Waals surface area contributed by atoms with E-state index in [0.717, 1.165) is 12.6 Å². The molecule has 0 amide bonds. The molecule has 0 radical (unpaired) electrons. The van der Waals surface area contributed by atoms with Gasteiger partial charge in [0.2, 0.25) is 0 Å². The molecule has 18 heavy (non-hydrogen) atoms. The van der Waals surface area contributed by atoms with E-state index < -0.39 is 11.6 Å². The van der Waals surface area contributed by atoms with Crippen LogP contribution in [0, 0.1) is 23.5 Å². The average Bonchev–Trinajstić information content (AvgIpc) is 3.14. The Labute approximate surface area is 112 Å². The zero-order chi connectivity index (χ0) is 13.3. The first-order valence-electron chi connectivity index (χ1n) is 6.42. The molecule has 2 rings (SSSR count). The first kappa shape index (κ1) is 13.8. The van der Waals surface area contributed by atoms with Gasteiger partial charge < -0.3 is 5.32 Å². The molecule has 0 bridgehead atoms. The Balaban J connectivity index is 2.32. The molecule has 1 aliphatic carbocycles.